The minimum Gasteiger partial charge on any atom is -0.444 e. The second-order valence-corrected chi connectivity index (χ2v) is 3.75. The van der Waals surface area contributed by atoms with E-state index in [9.17, 15) is 4.79 Å². The van der Waals surface area contributed by atoms with Crippen LogP contribution in [0, 0.1) is 0 Å². The van der Waals surface area contributed by atoms with Crippen molar-refractivity contribution < 1.29 is 19.7 Å². The second-order valence-electron chi connectivity index (χ2n) is 2.14. The quantitative estimate of drug-likeness (QED) is 0.475. The third-order valence-corrected chi connectivity index (χ3v) is 2.57. The minimum absolute atomic E-state index is 0.413. The van der Waals surface area contributed by atoms with Crippen LogP contribution >= 0.6 is 23.4 Å². The van der Waals surface area contributed by atoms with Crippen LogP contribution in [0.1, 0.15) is 6.42 Å². The lowest BCUT2D eigenvalue weighted by Crippen LogP contribution is -2.36. The summed E-state index contributed by atoms with van der Waals surface area (Å²) in [5.74, 6) is 0.543. The van der Waals surface area contributed by atoms with Gasteiger partial charge in [0.15, 0.2) is 6.10 Å². The molecular formula is C5H7ClO4S. The van der Waals surface area contributed by atoms with Gasteiger partial charge in [0.05, 0.1) is 0 Å². The Bertz CT molecular complexity index is 172. The van der Waals surface area contributed by atoms with Crippen molar-refractivity contribution in [2.45, 2.75) is 17.6 Å². The first-order valence-corrected chi connectivity index (χ1v) is 4.33. The molecule has 6 heteroatoms. The molecule has 1 atom stereocenters. The van der Waals surface area contributed by atoms with Crippen LogP contribution < -0.4 is 0 Å². The van der Waals surface area contributed by atoms with Gasteiger partial charge in [-0.1, -0.05) is 11.8 Å². The lowest BCUT2D eigenvalue weighted by Gasteiger charge is -2.20. The summed E-state index contributed by atoms with van der Waals surface area (Å²) in [5, 5.41) is 16.2. The van der Waals surface area contributed by atoms with Crippen molar-refractivity contribution >= 4 is 28.8 Å². The van der Waals surface area contributed by atoms with Gasteiger partial charge in [-0.3, -0.25) is 0 Å². The fourth-order valence-electron chi connectivity index (χ4n) is 0.845. The van der Waals surface area contributed by atoms with E-state index in [1.165, 1.54) is 0 Å². The number of rotatable bonds is 1. The molecule has 64 valence electrons. The third-order valence-electron chi connectivity index (χ3n) is 1.35. The van der Waals surface area contributed by atoms with E-state index in [0.29, 0.717) is 12.2 Å². The molecule has 1 unspecified atom stereocenters. The molecule has 2 N–H and O–H groups in total. The highest BCUT2D eigenvalue weighted by Crippen LogP contribution is 2.35. The summed E-state index contributed by atoms with van der Waals surface area (Å²) in [6.45, 7) is 0. The van der Waals surface area contributed by atoms with Gasteiger partial charge in [-0.25, -0.2) is 4.79 Å². The van der Waals surface area contributed by atoms with Gasteiger partial charge < -0.3 is 14.9 Å². The number of halogens is 1. The number of thioether (sulfide) groups is 1. The highest BCUT2D eigenvalue weighted by molar-refractivity contribution is 8.00. The first-order chi connectivity index (χ1) is 5.02. The zero-order valence-corrected chi connectivity index (χ0v) is 7.06. The SMILES string of the molecule is O=C(Cl)OC1CCSC1(O)O. The van der Waals surface area contributed by atoms with E-state index >= 15 is 0 Å². The molecule has 0 aromatic heterocycles. The normalized spacial score (nSPS) is 28.5. The Morgan fingerprint density at radius 3 is 2.73 bits per heavy atom. The van der Waals surface area contributed by atoms with Gasteiger partial charge in [-0.2, -0.15) is 0 Å². The van der Waals surface area contributed by atoms with Crippen LogP contribution in [-0.4, -0.2) is 32.6 Å². The summed E-state index contributed by atoms with van der Waals surface area (Å²) in [5.41, 5.74) is -1.01. The third kappa shape index (κ3) is 2.23. The summed E-state index contributed by atoms with van der Waals surface area (Å²) in [6, 6.07) is 0. The average molecular weight is 199 g/mol. The number of aliphatic hydroxyl groups is 2. The molecule has 0 spiro atoms. The monoisotopic (exact) mass is 198 g/mol. The number of carbonyl (C=O) groups excluding carboxylic acids is 1. The van der Waals surface area contributed by atoms with E-state index in [2.05, 4.69) is 4.74 Å². The van der Waals surface area contributed by atoms with Crippen molar-refractivity contribution in [3.05, 3.63) is 0 Å². The number of hydrogen-bond acceptors (Lipinski definition) is 5. The molecule has 1 aliphatic rings. The highest BCUT2D eigenvalue weighted by Gasteiger charge is 2.43. The van der Waals surface area contributed by atoms with Crippen molar-refractivity contribution in [3.8, 4) is 0 Å². The molecule has 1 aliphatic heterocycles. The van der Waals surface area contributed by atoms with Gasteiger partial charge >= 0.3 is 5.43 Å². The molecular weight excluding hydrogens is 192 g/mol. The second kappa shape index (κ2) is 3.18. The standard InChI is InChI=1S/C5H7ClO4S/c6-4(7)10-3-1-2-11-5(3,8)9/h3,8-9H,1-2H2. The Labute approximate surface area is 72.5 Å². The van der Waals surface area contributed by atoms with Gasteiger partial charge in [0.2, 0.25) is 0 Å². The van der Waals surface area contributed by atoms with Crippen molar-refractivity contribution in [1.82, 2.24) is 0 Å². The average Bonchev–Trinajstić information content (AvgIpc) is 2.10. The van der Waals surface area contributed by atoms with Gasteiger partial charge in [0.1, 0.15) is 0 Å². The fraction of sp³-hybridized carbons (Fsp3) is 0.800. The van der Waals surface area contributed by atoms with Gasteiger partial charge in [0, 0.05) is 17.4 Å². The van der Waals surface area contributed by atoms with Crippen molar-refractivity contribution in [2.24, 2.45) is 0 Å². The smallest absolute Gasteiger partial charge is 0.404 e. The molecule has 11 heavy (non-hydrogen) atoms. The molecule has 1 saturated heterocycles. The molecule has 4 nitrogen and oxygen atoms in total. The van der Waals surface area contributed by atoms with Crippen LogP contribution in [0.5, 0.6) is 0 Å². The summed E-state index contributed by atoms with van der Waals surface area (Å²) < 4.78 is 4.43. The molecule has 1 fully saturated rings. The van der Waals surface area contributed by atoms with Gasteiger partial charge in [-0.05, 0) is 6.42 Å². The predicted molar refractivity (Wildman–Crippen MR) is 40.4 cm³/mol. The summed E-state index contributed by atoms with van der Waals surface area (Å²) >= 11 is 5.82. The molecule has 0 amide bonds. The lowest BCUT2D eigenvalue weighted by atomic mass is 10.3. The van der Waals surface area contributed by atoms with E-state index in [1.54, 1.807) is 0 Å². The van der Waals surface area contributed by atoms with Gasteiger partial charge in [0.25, 0.3) is 5.12 Å². The van der Waals surface area contributed by atoms with Crippen molar-refractivity contribution in [3.63, 3.8) is 0 Å². The largest absolute Gasteiger partial charge is 0.444 e. The maximum absolute atomic E-state index is 10.2. The first-order valence-electron chi connectivity index (χ1n) is 2.97. The molecule has 0 bridgehead atoms. The molecule has 0 aromatic rings. The minimum atomic E-state index is -1.97. The van der Waals surface area contributed by atoms with Crippen LogP contribution in [0.4, 0.5) is 4.79 Å². The van der Waals surface area contributed by atoms with Gasteiger partial charge in [-0.15, -0.1) is 0 Å². The number of hydrogen-bond donors (Lipinski definition) is 2. The van der Waals surface area contributed by atoms with Crippen LogP contribution in [0.3, 0.4) is 0 Å². The Balaban J connectivity index is 2.51. The zero-order valence-electron chi connectivity index (χ0n) is 5.49. The van der Waals surface area contributed by atoms with Crippen LogP contribution in [0.25, 0.3) is 0 Å². The van der Waals surface area contributed by atoms with E-state index in [-0.39, 0.29) is 0 Å². The Hall–Kier alpha value is 0.0300. The molecule has 0 aromatic carbocycles. The van der Waals surface area contributed by atoms with E-state index < -0.39 is 16.7 Å². The Morgan fingerprint density at radius 1 is 1.73 bits per heavy atom. The first kappa shape index (κ1) is 9.12. The maximum atomic E-state index is 10.2. The van der Waals surface area contributed by atoms with Crippen molar-refractivity contribution in [2.75, 3.05) is 5.75 Å². The molecule has 0 radical (unpaired) electrons. The summed E-state index contributed by atoms with van der Waals surface area (Å²) in [4.78, 5) is 10.2. The summed E-state index contributed by atoms with van der Waals surface area (Å²) in [6.07, 6.45) is -0.492. The van der Waals surface area contributed by atoms with E-state index in [0.717, 1.165) is 11.8 Å². The zero-order chi connectivity index (χ0) is 8.48. The van der Waals surface area contributed by atoms with E-state index in [1.807, 2.05) is 0 Å². The number of ether oxygens (including phenoxy) is 1. The molecule has 0 saturated carbocycles. The van der Waals surface area contributed by atoms with Crippen LogP contribution in [-0.2, 0) is 4.74 Å². The fourth-order valence-corrected chi connectivity index (χ4v) is 1.94. The Kier molecular flexibility index (Phi) is 2.64. The number of carbonyl (C=O) groups is 1. The summed E-state index contributed by atoms with van der Waals surface area (Å²) in [7, 11) is 0. The van der Waals surface area contributed by atoms with Crippen LogP contribution in [0.2, 0.25) is 0 Å². The topological polar surface area (TPSA) is 66.8 Å². The molecule has 1 heterocycles. The van der Waals surface area contributed by atoms with E-state index in [4.69, 9.17) is 21.8 Å². The predicted octanol–water partition coefficient (Wildman–Crippen LogP) is 0.506. The highest BCUT2D eigenvalue weighted by atomic mass is 35.5. The molecule has 0 aliphatic carbocycles. The van der Waals surface area contributed by atoms with Crippen molar-refractivity contribution in [1.29, 1.82) is 0 Å². The van der Waals surface area contributed by atoms with Crippen LogP contribution in [0.15, 0.2) is 0 Å². The maximum Gasteiger partial charge on any atom is 0.404 e. The molecule has 1 rings (SSSR count). The Morgan fingerprint density at radius 2 is 2.36 bits per heavy atom. The lowest BCUT2D eigenvalue weighted by molar-refractivity contribution is -0.144.